The van der Waals surface area contributed by atoms with Crippen molar-refractivity contribution in [3.05, 3.63) is 27.2 Å². The number of nitrogens with zero attached hydrogens (tertiary/aromatic N) is 5. The molecule has 2 aromatic heterocycles. The number of carbonyl (C=O) groups is 1. The van der Waals surface area contributed by atoms with E-state index in [4.69, 9.17) is 0 Å². The van der Waals surface area contributed by atoms with Crippen LogP contribution in [0.5, 0.6) is 0 Å². The summed E-state index contributed by atoms with van der Waals surface area (Å²) in [6.07, 6.45) is 8.28. The third-order valence-electron chi connectivity index (χ3n) is 6.10. The van der Waals surface area contributed by atoms with E-state index in [0.29, 0.717) is 17.7 Å². The van der Waals surface area contributed by atoms with Crippen LogP contribution in [0.4, 0.5) is 0 Å². The zero-order valence-electron chi connectivity index (χ0n) is 17.2. The molecular formula is C19H30N6O3. The Bertz CT molecular complexity index is 976. The summed E-state index contributed by atoms with van der Waals surface area (Å²) < 4.78 is 3.85. The fourth-order valence-corrected chi connectivity index (χ4v) is 4.17. The van der Waals surface area contributed by atoms with Crippen molar-refractivity contribution in [3.8, 4) is 0 Å². The minimum atomic E-state index is -0.539. The summed E-state index contributed by atoms with van der Waals surface area (Å²) >= 11 is 0. The highest BCUT2D eigenvalue weighted by Crippen LogP contribution is 2.30. The van der Waals surface area contributed by atoms with Gasteiger partial charge in [0.1, 0.15) is 6.54 Å². The average Bonchev–Trinajstić information content (AvgIpc) is 2.89. The second kappa shape index (κ2) is 7.90. The number of hydrogen-bond donors (Lipinski definition) is 1. The molecule has 0 unspecified atom stereocenters. The summed E-state index contributed by atoms with van der Waals surface area (Å²) in [5.74, 6) is -0.328. The molecule has 9 heteroatoms. The molecule has 0 saturated heterocycles. The summed E-state index contributed by atoms with van der Waals surface area (Å²) in [4.78, 5) is 44.2. The molecule has 1 aliphatic carbocycles. The summed E-state index contributed by atoms with van der Waals surface area (Å²) in [6, 6.07) is 0. The Labute approximate surface area is 164 Å². The van der Waals surface area contributed by atoms with Gasteiger partial charge in [-0.15, -0.1) is 0 Å². The van der Waals surface area contributed by atoms with Crippen molar-refractivity contribution < 1.29 is 4.79 Å². The van der Waals surface area contributed by atoms with E-state index in [-0.39, 0.29) is 18.0 Å². The molecule has 3 rings (SSSR count). The van der Waals surface area contributed by atoms with Crippen molar-refractivity contribution in [1.82, 2.24) is 28.9 Å². The van der Waals surface area contributed by atoms with E-state index >= 15 is 0 Å². The molecule has 9 nitrogen and oxygen atoms in total. The molecule has 0 radical (unpaired) electrons. The number of aromatic nitrogens is 4. The fourth-order valence-electron chi connectivity index (χ4n) is 4.17. The van der Waals surface area contributed by atoms with E-state index in [9.17, 15) is 14.4 Å². The van der Waals surface area contributed by atoms with Crippen LogP contribution in [0.3, 0.4) is 0 Å². The van der Waals surface area contributed by atoms with Gasteiger partial charge in [-0.25, -0.2) is 14.3 Å². The van der Waals surface area contributed by atoms with E-state index in [2.05, 4.69) is 15.2 Å². The van der Waals surface area contributed by atoms with Gasteiger partial charge in [0.05, 0.1) is 6.33 Å². The Morgan fingerprint density at radius 1 is 1.18 bits per heavy atom. The molecule has 0 spiro atoms. The van der Waals surface area contributed by atoms with Crippen LogP contribution in [-0.4, -0.2) is 55.7 Å². The second-order valence-corrected chi connectivity index (χ2v) is 8.07. The predicted octanol–water partition coefficient (Wildman–Crippen LogP) is 0.205. The average molecular weight is 390 g/mol. The standard InChI is InChI=1S/C19H30N6O3/c1-22(2)19(9-7-5-6-8-10-19)12-20-14(26)11-25-17(27)15-16(21-13-23(15)3)24(4)18(25)28/h13H,5-12H2,1-4H3,(H,20,26). The van der Waals surface area contributed by atoms with Crippen LogP contribution in [0.1, 0.15) is 38.5 Å². The summed E-state index contributed by atoms with van der Waals surface area (Å²) in [5.41, 5.74) is -0.482. The molecule has 0 aliphatic heterocycles. The Hall–Kier alpha value is -2.42. The third kappa shape index (κ3) is 3.63. The maximum Gasteiger partial charge on any atom is 0.332 e. The predicted molar refractivity (Wildman–Crippen MR) is 107 cm³/mol. The number of rotatable bonds is 5. The van der Waals surface area contributed by atoms with Gasteiger partial charge in [0.15, 0.2) is 11.2 Å². The molecule has 0 aromatic carbocycles. The molecular weight excluding hydrogens is 360 g/mol. The zero-order valence-corrected chi connectivity index (χ0v) is 17.2. The highest BCUT2D eigenvalue weighted by molar-refractivity contribution is 5.76. The Morgan fingerprint density at radius 2 is 1.82 bits per heavy atom. The van der Waals surface area contributed by atoms with Crippen LogP contribution in [-0.2, 0) is 25.4 Å². The molecule has 2 aromatic rings. The topological polar surface area (TPSA) is 94.2 Å². The number of fused-ring (bicyclic) bond motifs is 1. The molecule has 1 aliphatic rings. The van der Waals surface area contributed by atoms with Crippen LogP contribution in [0, 0.1) is 0 Å². The number of nitrogens with one attached hydrogen (secondary N) is 1. The largest absolute Gasteiger partial charge is 0.353 e. The molecule has 0 atom stereocenters. The zero-order chi connectivity index (χ0) is 20.5. The molecule has 0 bridgehead atoms. The first-order chi connectivity index (χ1) is 13.3. The molecule has 1 saturated carbocycles. The fraction of sp³-hybridized carbons (Fsp3) is 0.684. The van der Waals surface area contributed by atoms with Crippen LogP contribution >= 0.6 is 0 Å². The van der Waals surface area contributed by atoms with E-state index in [1.54, 1.807) is 18.7 Å². The lowest BCUT2D eigenvalue weighted by molar-refractivity contribution is -0.122. The quantitative estimate of drug-likeness (QED) is 0.737. The normalized spacial score (nSPS) is 17.0. The SMILES string of the molecule is CN(C)C1(CNC(=O)Cn2c(=O)c3c(ncn3C)n(C)c2=O)CCCCCC1. The molecule has 1 N–H and O–H groups in total. The van der Waals surface area contributed by atoms with Crippen LogP contribution in [0.2, 0.25) is 0 Å². The number of amides is 1. The van der Waals surface area contributed by atoms with Gasteiger partial charge < -0.3 is 14.8 Å². The van der Waals surface area contributed by atoms with Gasteiger partial charge in [0.2, 0.25) is 5.91 Å². The highest BCUT2D eigenvalue weighted by Gasteiger charge is 2.33. The minimum absolute atomic E-state index is 0.0753. The van der Waals surface area contributed by atoms with E-state index < -0.39 is 11.2 Å². The van der Waals surface area contributed by atoms with Crippen LogP contribution in [0.15, 0.2) is 15.9 Å². The van der Waals surface area contributed by atoms with Gasteiger partial charge in [-0.2, -0.15) is 0 Å². The van der Waals surface area contributed by atoms with Gasteiger partial charge in [0.25, 0.3) is 5.56 Å². The summed E-state index contributed by atoms with van der Waals surface area (Å²) in [5, 5.41) is 2.97. The maximum atomic E-state index is 12.7. The van der Waals surface area contributed by atoms with Gasteiger partial charge in [-0.3, -0.25) is 14.2 Å². The first-order valence-corrected chi connectivity index (χ1v) is 9.82. The molecule has 2 heterocycles. The van der Waals surface area contributed by atoms with E-state index in [1.165, 1.54) is 23.7 Å². The number of imidazole rings is 1. The highest BCUT2D eigenvalue weighted by atomic mass is 16.2. The number of carbonyl (C=O) groups excluding carboxylic acids is 1. The Kier molecular flexibility index (Phi) is 5.74. The number of aryl methyl sites for hydroxylation is 2. The van der Waals surface area contributed by atoms with E-state index in [1.807, 2.05) is 14.1 Å². The lowest BCUT2D eigenvalue weighted by Gasteiger charge is -2.39. The summed E-state index contributed by atoms with van der Waals surface area (Å²) in [7, 11) is 7.35. The molecule has 154 valence electrons. The van der Waals surface area contributed by atoms with Crippen molar-refractivity contribution in [3.63, 3.8) is 0 Å². The lowest BCUT2D eigenvalue weighted by Crippen LogP contribution is -2.53. The first-order valence-electron chi connectivity index (χ1n) is 9.82. The smallest absolute Gasteiger partial charge is 0.332 e. The van der Waals surface area contributed by atoms with Gasteiger partial charge in [0, 0.05) is 26.2 Å². The van der Waals surface area contributed by atoms with Gasteiger partial charge in [-0.05, 0) is 26.9 Å². The van der Waals surface area contributed by atoms with Gasteiger partial charge in [-0.1, -0.05) is 25.7 Å². The monoisotopic (exact) mass is 390 g/mol. The Balaban J connectivity index is 1.81. The molecule has 28 heavy (non-hydrogen) atoms. The molecule has 1 fully saturated rings. The van der Waals surface area contributed by atoms with Crippen molar-refractivity contribution in [2.45, 2.75) is 50.6 Å². The summed E-state index contributed by atoms with van der Waals surface area (Å²) in [6.45, 7) is 0.220. The van der Waals surface area contributed by atoms with Crippen molar-refractivity contribution in [2.24, 2.45) is 14.1 Å². The van der Waals surface area contributed by atoms with Crippen molar-refractivity contribution >= 4 is 17.1 Å². The second-order valence-electron chi connectivity index (χ2n) is 8.07. The Morgan fingerprint density at radius 3 is 2.43 bits per heavy atom. The van der Waals surface area contributed by atoms with Crippen molar-refractivity contribution in [1.29, 1.82) is 0 Å². The minimum Gasteiger partial charge on any atom is -0.353 e. The lowest BCUT2D eigenvalue weighted by atomic mass is 9.88. The number of likely N-dealkylation sites (N-methyl/N-ethyl adjacent to an activating group) is 1. The number of hydrogen-bond acceptors (Lipinski definition) is 5. The van der Waals surface area contributed by atoms with Gasteiger partial charge >= 0.3 is 5.69 Å². The van der Waals surface area contributed by atoms with Crippen LogP contribution in [0.25, 0.3) is 11.2 Å². The molecule has 1 amide bonds. The van der Waals surface area contributed by atoms with E-state index in [0.717, 1.165) is 30.3 Å². The third-order valence-corrected chi connectivity index (χ3v) is 6.10. The van der Waals surface area contributed by atoms with Crippen LogP contribution < -0.4 is 16.6 Å². The van der Waals surface area contributed by atoms with Crippen molar-refractivity contribution in [2.75, 3.05) is 20.6 Å². The maximum absolute atomic E-state index is 12.7. The first kappa shape index (κ1) is 20.3.